The number of hydrogen-bond donors (Lipinski definition) is 2. The topological polar surface area (TPSA) is 66.8 Å². The fourth-order valence-electron chi connectivity index (χ4n) is 0.963. The van der Waals surface area contributed by atoms with Crippen molar-refractivity contribution in [2.45, 2.75) is 18.4 Å². The Balaban J connectivity index is 2.75. The molecular formula is C7H10O4. The summed E-state index contributed by atoms with van der Waals surface area (Å²) in [5.74, 6) is -1.11. The van der Waals surface area contributed by atoms with Crippen molar-refractivity contribution in [2.75, 3.05) is 6.61 Å². The summed E-state index contributed by atoms with van der Waals surface area (Å²) in [5.41, 5.74) is -1.39. The summed E-state index contributed by atoms with van der Waals surface area (Å²) < 4.78 is 4.85. The van der Waals surface area contributed by atoms with E-state index in [1.54, 1.807) is 6.08 Å². The Hall–Kier alpha value is -1.03. The molecule has 4 nitrogen and oxygen atoms in total. The maximum absolute atomic E-state index is 10.6. The second kappa shape index (κ2) is 2.92. The van der Waals surface area contributed by atoms with Crippen LogP contribution in [0.15, 0.2) is 12.3 Å². The van der Waals surface area contributed by atoms with Crippen molar-refractivity contribution in [1.29, 1.82) is 0 Å². The highest BCUT2D eigenvalue weighted by Gasteiger charge is 2.40. The summed E-state index contributed by atoms with van der Waals surface area (Å²) in [6.45, 7) is -0.479. The highest BCUT2D eigenvalue weighted by Crippen LogP contribution is 2.22. The highest BCUT2D eigenvalue weighted by molar-refractivity contribution is 5.77. The zero-order chi connectivity index (χ0) is 8.32. The number of aliphatic hydroxyl groups is 1. The van der Waals surface area contributed by atoms with E-state index in [1.165, 1.54) is 6.26 Å². The van der Waals surface area contributed by atoms with E-state index in [0.29, 0.717) is 12.8 Å². The zero-order valence-corrected chi connectivity index (χ0v) is 5.99. The lowest BCUT2D eigenvalue weighted by Crippen LogP contribution is -2.44. The molecule has 4 heteroatoms. The van der Waals surface area contributed by atoms with Crippen LogP contribution in [0.4, 0.5) is 0 Å². The summed E-state index contributed by atoms with van der Waals surface area (Å²) >= 11 is 0. The molecule has 0 spiro atoms. The van der Waals surface area contributed by atoms with Crippen LogP contribution in [0.2, 0.25) is 0 Å². The first kappa shape index (κ1) is 8.07. The van der Waals surface area contributed by atoms with Gasteiger partial charge in [0.2, 0.25) is 5.60 Å². The van der Waals surface area contributed by atoms with Crippen LogP contribution in [-0.4, -0.2) is 28.4 Å². The van der Waals surface area contributed by atoms with Crippen LogP contribution in [0, 0.1) is 0 Å². The first-order valence-corrected chi connectivity index (χ1v) is 3.38. The lowest BCUT2D eigenvalue weighted by atomic mass is 9.97. The van der Waals surface area contributed by atoms with E-state index in [0.717, 1.165) is 0 Å². The molecule has 0 radical (unpaired) electrons. The van der Waals surface area contributed by atoms with Crippen molar-refractivity contribution in [3.05, 3.63) is 12.3 Å². The van der Waals surface area contributed by atoms with Crippen LogP contribution >= 0.6 is 0 Å². The monoisotopic (exact) mass is 158 g/mol. The predicted molar refractivity (Wildman–Crippen MR) is 36.9 cm³/mol. The van der Waals surface area contributed by atoms with Crippen LogP contribution in [-0.2, 0) is 9.53 Å². The van der Waals surface area contributed by atoms with E-state index in [-0.39, 0.29) is 0 Å². The number of carbonyl (C=O) groups is 1. The van der Waals surface area contributed by atoms with Crippen LogP contribution < -0.4 is 0 Å². The highest BCUT2D eigenvalue weighted by atomic mass is 16.5. The molecule has 0 aromatic carbocycles. The summed E-state index contributed by atoms with van der Waals surface area (Å²) in [4.78, 5) is 10.6. The first-order valence-electron chi connectivity index (χ1n) is 3.38. The maximum atomic E-state index is 10.6. The molecule has 0 saturated carbocycles. The molecule has 0 aliphatic carbocycles. The van der Waals surface area contributed by atoms with Gasteiger partial charge in [-0.25, -0.2) is 4.79 Å². The molecule has 11 heavy (non-hydrogen) atoms. The molecule has 1 aliphatic rings. The maximum Gasteiger partial charge on any atom is 0.350 e. The van der Waals surface area contributed by atoms with E-state index >= 15 is 0 Å². The van der Waals surface area contributed by atoms with E-state index in [9.17, 15) is 4.79 Å². The molecular weight excluding hydrogens is 148 g/mol. The van der Waals surface area contributed by atoms with Crippen LogP contribution in [0.5, 0.6) is 0 Å². The van der Waals surface area contributed by atoms with Gasteiger partial charge in [-0.05, 0) is 12.5 Å². The Morgan fingerprint density at radius 3 is 2.73 bits per heavy atom. The van der Waals surface area contributed by atoms with Crippen molar-refractivity contribution in [3.63, 3.8) is 0 Å². The average molecular weight is 158 g/mol. The molecule has 62 valence electrons. The molecule has 0 bridgehead atoms. The van der Waals surface area contributed by atoms with Gasteiger partial charge in [-0.3, -0.25) is 0 Å². The molecule has 1 rings (SSSR count). The number of aliphatic carboxylic acids is 1. The zero-order valence-electron chi connectivity index (χ0n) is 5.99. The van der Waals surface area contributed by atoms with Crippen LogP contribution in [0.1, 0.15) is 12.8 Å². The van der Waals surface area contributed by atoms with Gasteiger partial charge in [0, 0.05) is 6.42 Å². The van der Waals surface area contributed by atoms with Gasteiger partial charge in [-0.1, -0.05) is 0 Å². The van der Waals surface area contributed by atoms with Gasteiger partial charge < -0.3 is 14.9 Å². The molecule has 0 amide bonds. The third kappa shape index (κ3) is 1.35. The number of carboxylic acids is 1. The minimum atomic E-state index is -1.39. The Kier molecular flexibility index (Phi) is 2.14. The second-order valence-electron chi connectivity index (χ2n) is 2.49. The molecule has 0 saturated heterocycles. The molecule has 1 unspecified atom stereocenters. The fraction of sp³-hybridized carbons (Fsp3) is 0.571. The lowest BCUT2D eigenvalue weighted by molar-refractivity contribution is -0.165. The Labute approximate surface area is 64.1 Å². The molecule has 0 aromatic rings. The average Bonchev–Trinajstić information content (AvgIpc) is 2.05. The standard InChI is InChI=1S/C7H10O4/c8-5-7(6(9)10)3-1-2-4-11-7/h2,4,8H,1,3,5H2,(H,9,10). The van der Waals surface area contributed by atoms with Gasteiger partial charge in [0.25, 0.3) is 0 Å². The molecule has 1 atom stereocenters. The van der Waals surface area contributed by atoms with Crippen molar-refractivity contribution in [3.8, 4) is 0 Å². The molecule has 1 aliphatic heterocycles. The molecule has 0 fully saturated rings. The van der Waals surface area contributed by atoms with E-state index in [2.05, 4.69) is 0 Å². The summed E-state index contributed by atoms with van der Waals surface area (Å²) in [6, 6.07) is 0. The van der Waals surface area contributed by atoms with Gasteiger partial charge in [-0.15, -0.1) is 0 Å². The SMILES string of the molecule is O=C(O)C1(CO)CCC=CO1. The molecule has 0 aromatic heterocycles. The predicted octanol–water partition coefficient (Wildman–Crippen LogP) is 0.126. The quantitative estimate of drug-likeness (QED) is 0.599. The summed E-state index contributed by atoms with van der Waals surface area (Å²) in [6.07, 6.45) is 4.02. The number of aliphatic hydroxyl groups excluding tert-OH is 1. The largest absolute Gasteiger partial charge is 0.481 e. The minimum Gasteiger partial charge on any atom is -0.481 e. The van der Waals surface area contributed by atoms with Crippen LogP contribution in [0.25, 0.3) is 0 Å². The normalized spacial score (nSPS) is 29.5. The van der Waals surface area contributed by atoms with Gasteiger partial charge in [0.1, 0.15) is 0 Å². The van der Waals surface area contributed by atoms with Crippen molar-refractivity contribution < 1.29 is 19.7 Å². The lowest BCUT2D eigenvalue weighted by Gasteiger charge is -2.28. The van der Waals surface area contributed by atoms with E-state index < -0.39 is 18.2 Å². The summed E-state index contributed by atoms with van der Waals surface area (Å²) in [7, 11) is 0. The van der Waals surface area contributed by atoms with Crippen LogP contribution in [0.3, 0.4) is 0 Å². The second-order valence-corrected chi connectivity index (χ2v) is 2.49. The Morgan fingerprint density at radius 2 is 2.45 bits per heavy atom. The van der Waals surface area contributed by atoms with Crippen molar-refractivity contribution in [2.24, 2.45) is 0 Å². The third-order valence-electron chi connectivity index (χ3n) is 1.75. The fourth-order valence-corrected chi connectivity index (χ4v) is 0.963. The van der Waals surface area contributed by atoms with Gasteiger partial charge >= 0.3 is 5.97 Å². The number of carboxylic acid groups (broad SMARTS) is 1. The number of hydrogen-bond acceptors (Lipinski definition) is 3. The third-order valence-corrected chi connectivity index (χ3v) is 1.75. The van der Waals surface area contributed by atoms with Crippen molar-refractivity contribution >= 4 is 5.97 Å². The number of rotatable bonds is 2. The Bertz CT molecular complexity index is 187. The smallest absolute Gasteiger partial charge is 0.350 e. The van der Waals surface area contributed by atoms with Crippen molar-refractivity contribution in [1.82, 2.24) is 0 Å². The molecule has 2 N–H and O–H groups in total. The number of ether oxygens (including phenoxy) is 1. The first-order chi connectivity index (χ1) is 5.21. The Morgan fingerprint density at radius 1 is 1.73 bits per heavy atom. The summed E-state index contributed by atoms with van der Waals surface area (Å²) in [5, 5.41) is 17.4. The van der Waals surface area contributed by atoms with Gasteiger partial charge in [-0.2, -0.15) is 0 Å². The van der Waals surface area contributed by atoms with Gasteiger partial charge in [0.15, 0.2) is 0 Å². The number of allylic oxidation sites excluding steroid dienone is 1. The molecule has 1 heterocycles. The van der Waals surface area contributed by atoms with E-state index in [1.807, 2.05) is 0 Å². The van der Waals surface area contributed by atoms with E-state index in [4.69, 9.17) is 14.9 Å². The minimum absolute atomic E-state index is 0.329. The van der Waals surface area contributed by atoms with Gasteiger partial charge in [0.05, 0.1) is 12.9 Å².